The number of carbonyl (C=O) groups is 1. The SMILES string of the molecule is C[C@]12CCC(=O)CC1=C(F)C[C@@H]1[C@@H]2CC[C@]2(C)C(O)CC[C@@H]12. The quantitative estimate of drug-likeness (QED) is 0.729. The molecule has 1 N–H and O–H groups in total. The third kappa shape index (κ3) is 1.78. The van der Waals surface area contributed by atoms with Crippen LogP contribution in [0.5, 0.6) is 0 Å². The fourth-order valence-electron chi connectivity index (χ4n) is 6.52. The molecule has 2 nitrogen and oxygen atoms in total. The number of halogens is 1. The second-order valence-electron chi connectivity index (χ2n) is 8.73. The smallest absolute Gasteiger partial charge is 0.137 e. The Labute approximate surface area is 132 Å². The van der Waals surface area contributed by atoms with Gasteiger partial charge in [0, 0.05) is 19.3 Å². The molecule has 0 saturated heterocycles. The van der Waals surface area contributed by atoms with E-state index in [0.29, 0.717) is 37.0 Å². The molecule has 22 heavy (non-hydrogen) atoms. The molecule has 0 spiro atoms. The zero-order valence-corrected chi connectivity index (χ0v) is 13.7. The second kappa shape index (κ2) is 4.66. The van der Waals surface area contributed by atoms with Gasteiger partial charge in [-0.25, -0.2) is 4.39 Å². The number of rotatable bonds is 0. The Morgan fingerprint density at radius 2 is 1.91 bits per heavy atom. The molecule has 0 aliphatic heterocycles. The monoisotopic (exact) mass is 306 g/mol. The van der Waals surface area contributed by atoms with Crippen molar-refractivity contribution in [2.45, 2.75) is 71.3 Å². The molecule has 4 aliphatic rings. The minimum atomic E-state index is -0.215. The lowest BCUT2D eigenvalue weighted by Crippen LogP contribution is -2.51. The van der Waals surface area contributed by atoms with Gasteiger partial charge in [-0.15, -0.1) is 0 Å². The molecule has 0 aromatic heterocycles. The van der Waals surface area contributed by atoms with E-state index in [0.717, 1.165) is 37.7 Å². The van der Waals surface area contributed by atoms with Crippen LogP contribution in [0.2, 0.25) is 0 Å². The Balaban J connectivity index is 1.74. The van der Waals surface area contributed by atoms with Crippen molar-refractivity contribution in [3.63, 3.8) is 0 Å². The molecule has 0 radical (unpaired) electrons. The number of Topliss-reactive ketones (excluding diaryl/α,β-unsaturated/α-hetero) is 1. The summed E-state index contributed by atoms with van der Waals surface area (Å²) in [4.78, 5) is 11.8. The Bertz CT molecular complexity index is 554. The number of aliphatic hydroxyl groups is 1. The van der Waals surface area contributed by atoms with Crippen molar-refractivity contribution in [3.8, 4) is 0 Å². The van der Waals surface area contributed by atoms with Crippen molar-refractivity contribution >= 4 is 5.78 Å². The number of hydrogen-bond donors (Lipinski definition) is 1. The lowest BCUT2D eigenvalue weighted by molar-refractivity contribution is -0.123. The molecule has 3 fully saturated rings. The molecule has 3 heteroatoms. The van der Waals surface area contributed by atoms with Gasteiger partial charge in [-0.05, 0) is 66.3 Å². The Kier molecular flexibility index (Phi) is 3.15. The average molecular weight is 306 g/mol. The first-order valence-corrected chi connectivity index (χ1v) is 8.94. The van der Waals surface area contributed by atoms with Crippen LogP contribution in [0, 0.1) is 28.6 Å². The lowest BCUT2D eigenvalue weighted by Gasteiger charge is -2.57. The summed E-state index contributed by atoms with van der Waals surface area (Å²) in [6.07, 6.45) is 6.12. The van der Waals surface area contributed by atoms with Gasteiger partial charge < -0.3 is 5.11 Å². The first-order chi connectivity index (χ1) is 10.4. The number of fused-ring (bicyclic) bond motifs is 5. The van der Waals surface area contributed by atoms with Gasteiger partial charge in [-0.3, -0.25) is 4.79 Å². The Morgan fingerprint density at radius 3 is 2.68 bits per heavy atom. The highest BCUT2D eigenvalue weighted by Gasteiger charge is 2.59. The third-order valence-electron chi connectivity index (χ3n) is 7.93. The van der Waals surface area contributed by atoms with Crippen LogP contribution >= 0.6 is 0 Å². The van der Waals surface area contributed by atoms with E-state index in [1.54, 1.807) is 0 Å². The van der Waals surface area contributed by atoms with Crippen molar-refractivity contribution < 1.29 is 14.3 Å². The maximum atomic E-state index is 14.9. The van der Waals surface area contributed by atoms with Gasteiger partial charge in [0.1, 0.15) is 11.6 Å². The van der Waals surface area contributed by atoms with Crippen LogP contribution in [-0.4, -0.2) is 17.0 Å². The van der Waals surface area contributed by atoms with Crippen LogP contribution in [-0.2, 0) is 4.79 Å². The van der Waals surface area contributed by atoms with E-state index in [9.17, 15) is 14.3 Å². The zero-order valence-electron chi connectivity index (χ0n) is 13.7. The van der Waals surface area contributed by atoms with Crippen molar-refractivity contribution in [1.29, 1.82) is 0 Å². The minimum absolute atomic E-state index is 0.00226. The van der Waals surface area contributed by atoms with Gasteiger partial charge in [0.05, 0.1) is 6.10 Å². The van der Waals surface area contributed by atoms with E-state index >= 15 is 0 Å². The fourth-order valence-corrected chi connectivity index (χ4v) is 6.52. The van der Waals surface area contributed by atoms with Crippen LogP contribution in [0.4, 0.5) is 4.39 Å². The zero-order chi connectivity index (χ0) is 15.7. The van der Waals surface area contributed by atoms with Gasteiger partial charge in [0.15, 0.2) is 0 Å². The molecule has 0 bridgehead atoms. The summed E-state index contributed by atoms with van der Waals surface area (Å²) in [6.45, 7) is 4.43. The summed E-state index contributed by atoms with van der Waals surface area (Å²) in [5.41, 5.74) is 0.697. The van der Waals surface area contributed by atoms with Gasteiger partial charge in [0.25, 0.3) is 0 Å². The van der Waals surface area contributed by atoms with Crippen molar-refractivity contribution in [1.82, 2.24) is 0 Å². The topological polar surface area (TPSA) is 37.3 Å². The summed E-state index contributed by atoms with van der Waals surface area (Å²) in [5.74, 6) is 1.51. The average Bonchev–Trinajstić information content (AvgIpc) is 2.77. The number of carbonyl (C=O) groups excluding carboxylic acids is 1. The van der Waals surface area contributed by atoms with E-state index in [1.165, 1.54) is 0 Å². The molecule has 4 aliphatic carbocycles. The molecule has 1 unspecified atom stereocenters. The second-order valence-corrected chi connectivity index (χ2v) is 8.73. The lowest BCUT2D eigenvalue weighted by atomic mass is 9.48. The number of allylic oxidation sites excluding steroid dienone is 2. The van der Waals surface area contributed by atoms with E-state index in [-0.39, 0.29) is 28.5 Å². The summed E-state index contributed by atoms with van der Waals surface area (Å²) < 4.78 is 14.9. The Morgan fingerprint density at radius 1 is 1.14 bits per heavy atom. The van der Waals surface area contributed by atoms with Gasteiger partial charge in [-0.2, -0.15) is 0 Å². The highest BCUT2D eigenvalue weighted by Crippen LogP contribution is 2.65. The number of aliphatic hydroxyl groups excluding tert-OH is 1. The highest BCUT2D eigenvalue weighted by atomic mass is 19.1. The van der Waals surface area contributed by atoms with E-state index in [2.05, 4.69) is 13.8 Å². The molecule has 0 aromatic carbocycles. The predicted molar refractivity (Wildman–Crippen MR) is 82.8 cm³/mol. The summed E-state index contributed by atoms with van der Waals surface area (Å²) in [5, 5.41) is 10.4. The normalized spacial score (nSPS) is 51.4. The third-order valence-corrected chi connectivity index (χ3v) is 7.93. The molecular weight excluding hydrogens is 279 g/mol. The van der Waals surface area contributed by atoms with E-state index in [4.69, 9.17) is 0 Å². The predicted octanol–water partition coefficient (Wildman–Crippen LogP) is 4.18. The van der Waals surface area contributed by atoms with Crippen LogP contribution in [0.3, 0.4) is 0 Å². The van der Waals surface area contributed by atoms with Crippen LogP contribution < -0.4 is 0 Å². The molecule has 0 amide bonds. The van der Waals surface area contributed by atoms with Crippen molar-refractivity contribution in [2.24, 2.45) is 28.6 Å². The molecule has 4 rings (SSSR count). The molecule has 122 valence electrons. The Hall–Kier alpha value is -0.700. The summed E-state index contributed by atoms with van der Waals surface area (Å²) in [6, 6.07) is 0. The molecule has 0 aromatic rings. The highest BCUT2D eigenvalue weighted by molar-refractivity contribution is 5.82. The fraction of sp³-hybridized carbons (Fsp3) is 0.842. The van der Waals surface area contributed by atoms with E-state index in [1.807, 2.05) is 0 Å². The molecular formula is C19H27FO2. The summed E-state index contributed by atoms with van der Waals surface area (Å²) in [7, 11) is 0. The van der Waals surface area contributed by atoms with Gasteiger partial charge >= 0.3 is 0 Å². The minimum Gasteiger partial charge on any atom is -0.393 e. The number of ketones is 1. The van der Waals surface area contributed by atoms with Crippen LogP contribution in [0.15, 0.2) is 11.4 Å². The van der Waals surface area contributed by atoms with Crippen LogP contribution in [0.25, 0.3) is 0 Å². The van der Waals surface area contributed by atoms with Gasteiger partial charge in [0.2, 0.25) is 0 Å². The first kappa shape index (κ1) is 14.9. The summed E-state index contributed by atoms with van der Waals surface area (Å²) >= 11 is 0. The standard InChI is InChI=1S/C19H27FO2/c1-18-7-5-11(21)9-15(18)16(20)10-12-13-3-4-17(22)19(13,2)8-6-14(12)18/h12-14,17,22H,3-10H2,1-2H3/t12-,13-,14-,17?,18+,19-/m0/s1. The largest absolute Gasteiger partial charge is 0.393 e. The number of hydrogen-bond acceptors (Lipinski definition) is 2. The van der Waals surface area contributed by atoms with E-state index < -0.39 is 0 Å². The van der Waals surface area contributed by atoms with Gasteiger partial charge in [-0.1, -0.05) is 13.8 Å². The molecule has 3 saturated carbocycles. The van der Waals surface area contributed by atoms with Crippen molar-refractivity contribution in [3.05, 3.63) is 11.4 Å². The maximum absolute atomic E-state index is 14.9. The molecule has 6 atom stereocenters. The van der Waals surface area contributed by atoms with Crippen molar-refractivity contribution in [2.75, 3.05) is 0 Å². The van der Waals surface area contributed by atoms with Crippen LogP contribution in [0.1, 0.15) is 65.2 Å². The molecule has 0 heterocycles. The maximum Gasteiger partial charge on any atom is 0.137 e. The first-order valence-electron chi connectivity index (χ1n) is 8.94.